The second-order valence-electron chi connectivity index (χ2n) is 1.64. The zero-order valence-electron chi connectivity index (χ0n) is 5.12. The number of rotatable bonds is 2. The lowest BCUT2D eigenvalue weighted by Gasteiger charge is -1.93. The highest BCUT2D eigenvalue weighted by atomic mass is 79.9. The van der Waals surface area contributed by atoms with Gasteiger partial charge in [0.2, 0.25) is 0 Å². The first kappa shape index (κ1) is 8.70. The Bertz CT molecular complexity index is 84.5. The third-order valence-corrected chi connectivity index (χ3v) is 1.84. The molecule has 1 unspecified atom stereocenters. The normalized spacial score (nSPS) is 16.2. The van der Waals surface area contributed by atoms with E-state index in [9.17, 15) is 0 Å². The van der Waals surface area contributed by atoms with Crippen molar-refractivity contribution in [3.8, 4) is 0 Å². The van der Waals surface area contributed by atoms with Crippen LogP contribution in [-0.4, -0.2) is 4.83 Å². The number of hydrogen-bond donors (Lipinski definition) is 0. The van der Waals surface area contributed by atoms with Crippen molar-refractivity contribution in [3.63, 3.8) is 0 Å². The van der Waals surface area contributed by atoms with Crippen molar-refractivity contribution in [2.75, 3.05) is 0 Å². The predicted molar refractivity (Wildman–Crippen MR) is 45.7 cm³/mol. The molecule has 0 amide bonds. The number of alkyl halides is 1. The molecule has 0 saturated heterocycles. The van der Waals surface area contributed by atoms with Crippen LogP contribution in [0.2, 0.25) is 0 Å². The predicted octanol–water partition coefficient (Wildman–Crippen LogP) is 3.46. The van der Waals surface area contributed by atoms with Crippen LogP contribution in [0.5, 0.6) is 0 Å². The molecule has 0 aromatic carbocycles. The summed E-state index contributed by atoms with van der Waals surface area (Å²) >= 11 is 6.82. The van der Waals surface area contributed by atoms with E-state index in [1.807, 2.05) is 0 Å². The Kier molecular flexibility index (Phi) is 4.97. The van der Waals surface area contributed by atoms with Crippen LogP contribution in [0, 0.1) is 0 Å². The lowest BCUT2D eigenvalue weighted by Crippen LogP contribution is -1.81. The number of hydrogen-bond acceptors (Lipinski definition) is 0. The van der Waals surface area contributed by atoms with Crippen molar-refractivity contribution in [2.45, 2.75) is 25.1 Å². The van der Waals surface area contributed by atoms with Gasteiger partial charge in [-0.2, -0.15) is 0 Å². The summed E-state index contributed by atoms with van der Waals surface area (Å²) in [5.41, 5.74) is 0. The molecule has 0 N–H and O–H groups in total. The zero-order chi connectivity index (χ0) is 6.57. The van der Waals surface area contributed by atoms with Gasteiger partial charge < -0.3 is 0 Å². The molecule has 0 aliphatic rings. The smallest absolute Gasteiger partial charge is 0.0307 e. The van der Waals surface area contributed by atoms with Crippen molar-refractivity contribution in [3.05, 3.63) is 10.6 Å². The van der Waals surface area contributed by atoms with Crippen LogP contribution in [0.1, 0.15) is 20.3 Å². The van der Waals surface area contributed by atoms with Crippen molar-refractivity contribution in [2.24, 2.45) is 0 Å². The Morgan fingerprint density at radius 2 is 2.25 bits per heavy atom. The molecule has 0 aliphatic carbocycles. The molecule has 0 rings (SSSR count). The summed E-state index contributed by atoms with van der Waals surface area (Å²) in [6.45, 7) is 4.22. The highest BCUT2D eigenvalue weighted by Crippen LogP contribution is 2.12. The van der Waals surface area contributed by atoms with Gasteiger partial charge in [0.05, 0.1) is 0 Å². The minimum atomic E-state index is 0.483. The molecule has 0 saturated carbocycles. The first-order valence-electron chi connectivity index (χ1n) is 2.67. The fraction of sp³-hybridized carbons (Fsp3) is 0.667. The van der Waals surface area contributed by atoms with Crippen molar-refractivity contribution < 1.29 is 0 Å². The fourth-order valence-corrected chi connectivity index (χ4v) is 1.44. The van der Waals surface area contributed by atoms with E-state index in [2.05, 4.69) is 51.8 Å². The van der Waals surface area contributed by atoms with Crippen LogP contribution in [0.25, 0.3) is 0 Å². The van der Waals surface area contributed by atoms with Gasteiger partial charge in [0.25, 0.3) is 0 Å². The third kappa shape index (κ3) is 4.85. The molecule has 0 aromatic rings. The maximum atomic E-state index is 3.41. The monoisotopic (exact) mass is 240 g/mol. The zero-order valence-corrected chi connectivity index (χ0v) is 8.29. The number of halogens is 2. The van der Waals surface area contributed by atoms with Crippen molar-refractivity contribution >= 4 is 31.9 Å². The Balaban J connectivity index is 3.56. The molecule has 0 bridgehead atoms. The Labute approximate surface area is 67.6 Å². The summed E-state index contributed by atoms with van der Waals surface area (Å²) in [6.07, 6.45) is 3.22. The first-order valence-corrected chi connectivity index (χ1v) is 4.38. The van der Waals surface area contributed by atoms with Gasteiger partial charge in [0.1, 0.15) is 0 Å². The van der Waals surface area contributed by atoms with E-state index >= 15 is 0 Å². The summed E-state index contributed by atoms with van der Waals surface area (Å²) in [5, 5.41) is 0. The van der Waals surface area contributed by atoms with Gasteiger partial charge in [-0.25, -0.2) is 0 Å². The fourth-order valence-electron chi connectivity index (χ4n) is 0.367. The quantitative estimate of drug-likeness (QED) is 0.650. The highest BCUT2D eigenvalue weighted by molar-refractivity contribution is 9.12. The summed E-state index contributed by atoms with van der Waals surface area (Å²) in [7, 11) is 0. The first-order chi connectivity index (χ1) is 3.66. The average molecular weight is 242 g/mol. The molecule has 2 heteroatoms. The van der Waals surface area contributed by atoms with Crippen LogP contribution < -0.4 is 0 Å². The summed E-state index contributed by atoms with van der Waals surface area (Å²) in [5.74, 6) is 0. The minimum absolute atomic E-state index is 0.483. The molecule has 0 aliphatic heterocycles. The number of allylic oxidation sites excluding steroid dienone is 2. The van der Waals surface area contributed by atoms with E-state index in [1.54, 1.807) is 0 Å². The Morgan fingerprint density at radius 1 is 1.75 bits per heavy atom. The molecule has 1 atom stereocenters. The average Bonchev–Trinajstić information content (AvgIpc) is 1.65. The van der Waals surface area contributed by atoms with E-state index in [-0.39, 0.29) is 0 Å². The van der Waals surface area contributed by atoms with Gasteiger partial charge in [-0.1, -0.05) is 44.9 Å². The molecule has 48 valence electrons. The van der Waals surface area contributed by atoms with Gasteiger partial charge in [0, 0.05) is 4.83 Å². The second-order valence-corrected chi connectivity index (χ2v) is 4.11. The molecule has 0 fully saturated rings. The molecule has 0 heterocycles. The molecule has 0 spiro atoms. The van der Waals surface area contributed by atoms with Crippen LogP contribution in [0.4, 0.5) is 0 Å². The molecule has 0 aromatic heterocycles. The summed E-state index contributed by atoms with van der Waals surface area (Å²) in [4.78, 5) is 0.483. The molecule has 0 nitrogen and oxygen atoms in total. The van der Waals surface area contributed by atoms with Crippen LogP contribution >= 0.6 is 31.9 Å². The largest absolute Gasteiger partial charge is 0.0848 e. The molecule has 8 heavy (non-hydrogen) atoms. The minimum Gasteiger partial charge on any atom is -0.0848 e. The highest BCUT2D eigenvalue weighted by Gasteiger charge is 1.89. The van der Waals surface area contributed by atoms with Crippen molar-refractivity contribution in [1.82, 2.24) is 0 Å². The SMILES string of the molecule is CCC(Br)=CC(C)Br. The second kappa shape index (κ2) is 4.57. The molecular weight excluding hydrogens is 232 g/mol. The molecular formula is C6H10Br2. The maximum absolute atomic E-state index is 3.41. The summed E-state index contributed by atoms with van der Waals surface area (Å²) < 4.78 is 1.27. The Morgan fingerprint density at radius 3 is 2.38 bits per heavy atom. The van der Waals surface area contributed by atoms with Crippen LogP contribution in [0.3, 0.4) is 0 Å². The maximum Gasteiger partial charge on any atom is 0.0307 e. The van der Waals surface area contributed by atoms with Gasteiger partial charge in [-0.05, 0) is 17.8 Å². The van der Waals surface area contributed by atoms with Gasteiger partial charge in [0.15, 0.2) is 0 Å². The third-order valence-electron chi connectivity index (χ3n) is 0.748. The van der Waals surface area contributed by atoms with E-state index in [4.69, 9.17) is 0 Å². The van der Waals surface area contributed by atoms with Crippen LogP contribution in [0.15, 0.2) is 10.6 Å². The summed E-state index contributed by atoms with van der Waals surface area (Å²) in [6, 6.07) is 0. The van der Waals surface area contributed by atoms with E-state index in [1.165, 1.54) is 4.48 Å². The lowest BCUT2D eigenvalue weighted by atomic mass is 10.3. The van der Waals surface area contributed by atoms with E-state index < -0.39 is 0 Å². The van der Waals surface area contributed by atoms with Crippen molar-refractivity contribution in [1.29, 1.82) is 0 Å². The standard InChI is InChI=1S/C6H10Br2/c1-3-6(8)4-5(2)7/h4-5H,3H2,1-2H3. The van der Waals surface area contributed by atoms with E-state index in [0.717, 1.165) is 6.42 Å². The lowest BCUT2D eigenvalue weighted by molar-refractivity contribution is 1.16. The van der Waals surface area contributed by atoms with Gasteiger partial charge >= 0.3 is 0 Å². The molecule has 0 radical (unpaired) electrons. The van der Waals surface area contributed by atoms with Crippen LogP contribution in [-0.2, 0) is 0 Å². The van der Waals surface area contributed by atoms with E-state index in [0.29, 0.717) is 4.83 Å². The Hall–Kier alpha value is 0.700. The van der Waals surface area contributed by atoms with Gasteiger partial charge in [-0.3, -0.25) is 0 Å². The van der Waals surface area contributed by atoms with Gasteiger partial charge in [-0.15, -0.1) is 0 Å². The topological polar surface area (TPSA) is 0 Å².